The van der Waals surface area contributed by atoms with Gasteiger partial charge in [0.05, 0.1) is 35.5 Å². The van der Waals surface area contributed by atoms with Crippen LogP contribution in [0.5, 0.6) is 0 Å². The summed E-state index contributed by atoms with van der Waals surface area (Å²) in [6.45, 7) is 0.209. The van der Waals surface area contributed by atoms with Crippen LogP contribution in [0.1, 0.15) is 16.1 Å². The number of thiophene rings is 1. The average molecular weight is 420 g/mol. The summed E-state index contributed by atoms with van der Waals surface area (Å²) in [4.78, 5) is 27.7. The van der Waals surface area contributed by atoms with E-state index in [1.54, 1.807) is 36.3 Å². The van der Waals surface area contributed by atoms with Gasteiger partial charge in [-0.1, -0.05) is 24.3 Å². The molecule has 0 atom stereocenters. The van der Waals surface area contributed by atoms with E-state index >= 15 is 0 Å². The van der Waals surface area contributed by atoms with Gasteiger partial charge in [-0.2, -0.15) is 5.10 Å². The normalized spacial score (nSPS) is 10.7. The smallest absolute Gasteiger partial charge is 0.257 e. The number of nitrogens with zero attached hydrogens (tertiary/aromatic N) is 3. The largest absolute Gasteiger partial charge is 0.467 e. The van der Waals surface area contributed by atoms with Gasteiger partial charge in [-0.3, -0.25) is 9.59 Å². The lowest BCUT2D eigenvalue weighted by Gasteiger charge is -2.16. The van der Waals surface area contributed by atoms with Crippen LogP contribution in [0.3, 0.4) is 0 Å². The first-order valence-electron chi connectivity index (χ1n) is 9.35. The zero-order valence-electron chi connectivity index (χ0n) is 16.3. The number of amides is 2. The molecule has 0 unspecified atom stereocenters. The van der Waals surface area contributed by atoms with Crippen molar-refractivity contribution in [3.05, 3.63) is 83.8 Å². The van der Waals surface area contributed by atoms with Crippen LogP contribution in [-0.2, 0) is 11.3 Å². The SMILES string of the molecule is CN(CC(=O)NCc1ccco1)C(=O)c1cn(-c2ccccc2)nc1-c1cccs1. The first-order valence-corrected chi connectivity index (χ1v) is 10.2. The molecule has 0 aliphatic heterocycles. The van der Waals surface area contributed by atoms with Gasteiger partial charge in [0.2, 0.25) is 5.91 Å². The molecule has 0 fully saturated rings. The van der Waals surface area contributed by atoms with Crippen molar-refractivity contribution in [3.63, 3.8) is 0 Å². The van der Waals surface area contributed by atoms with Crippen molar-refractivity contribution in [1.82, 2.24) is 20.0 Å². The molecule has 1 N–H and O–H groups in total. The van der Waals surface area contributed by atoms with Gasteiger partial charge < -0.3 is 14.6 Å². The lowest BCUT2D eigenvalue weighted by Crippen LogP contribution is -2.38. The van der Waals surface area contributed by atoms with Gasteiger partial charge >= 0.3 is 0 Å². The average Bonchev–Trinajstić information content (AvgIpc) is 3.53. The summed E-state index contributed by atoms with van der Waals surface area (Å²) in [6, 6.07) is 17.0. The Hall–Kier alpha value is -3.65. The van der Waals surface area contributed by atoms with E-state index in [2.05, 4.69) is 10.4 Å². The third-order valence-corrected chi connectivity index (χ3v) is 5.36. The number of aromatic nitrogens is 2. The molecule has 3 heterocycles. The number of hydrogen-bond acceptors (Lipinski definition) is 5. The number of para-hydroxylation sites is 1. The molecule has 0 aliphatic carbocycles. The maximum atomic E-state index is 13.2. The Morgan fingerprint density at radius 3 is 2.67 bits per heavy atom. The molecule has 0 bridgehead atoms. The van der Waals surface area contributed by atoms with Crippen molar-refractivity contribution in [2.75, 3.05) is 13.6 Å². The van der Waals surface area contributed by atoms with Crippen LogP contribution in [0.25, 0.3) is 16.3 Å². The number of rotatable bonds is 7. The minimum Gasteiger partial charge on any atom is -0.467 e. The van der Waals surface area contributed by atoms with Gasteiger partial charge in [0.15, 0.2) is 0 Å². The predicted octanol–water partition coefficient (Wildman–Crippen LogP) is 3.58. The van der Waals surface area contributed by atoms with Crippen molar-refractivity contribution in [3.8, 4) is 16.3 Å². The lowest BCUT2D eigenvalue weighted by atomic mass is 10.2. The number of benzene rings is 1. The van der Waals surface area contributed by atoms with Crippen LogP contribution in [0, 0.1) is 0 Å². The molecule has 152 valence electrons. The van der Waals surface area contributed by atoms with Gasteiger partial charge in [0, 0.05) is 13.2 Å². The molecule has 4 aromatic rings. The first kappa shape index (κ1) is 19.7. The van der Waals surface area contributed by atoms with Crippen LogP contribution >= 0.6 is 11.3 Å². The highest BCUT2D eigenvalue weighted by atomic mass is 32.1. The Labute approximate surface area is 177 Å². The van der Waals surface area contributed by atoms with Crippen LogP contribution in [0.15, 0.2) is 76.9 Å². The molecule has 30 heavy (non-hydrogen) atoms. The van der Waals surface area contributed by atoms with Crippen molar-refractivity contribution >= 4 is 23.2 Å². The molecule has 0 saturated carbocycles. The molecule has 2 amide bonds. The molecule has 1 aromatic carbocycles. The molecule has 7 nitrogen and oxygen atoms in total. The number of hydrogen-bond donors (Lipinski definition) is 1. The predicted molar refractivity (Wildman–Crippen MR) is 114 cm³/mol. The van der Waals surface area contributed by atoms with E-state index in [4.69, 9.17) is 4.42 Å². The quantitative estimate of drug-likeness (QED) is 0.496. The maximum absolute atomic E-state index is 13.2. The van der Waals surface area contributed by atoms with Crippen molar-refractivity contribution in [1.29, 1.82) is 0 Å². The Morgan fingerprint density at radius 1 is 1.13 bits per heavy atom. The number of furan rings is 1. The van der Waals surface area contributed by atoms with Crippen LogP contribution in [-0.4, -0.2) is 40.1 Å². The fourth-order valence-corrected chi connectivity index (χ4v) is 3.71. The molecule has 0 radical (unpaired) electrons. The highest BCUT2D eigenvalue weighted by Gasteiger charge is 2.23. The van der Waals surface area contributed by atoms with Gasteiger partial charge in [0.1, 0.15) is 11.5 Å². The summed E-state index contributed by atoms with van der Waals surface area (Å²) < 4.78 is 6.89. The first-order chi connectivity index (χ1) is 14.6. The lowest BCUT2D eigenvalue weighted by molar-refractivity contribution is -0.121. The van der Waals surface area contributed by atoms with Crippen LogP contribution in [0.2, 0.25) is 0 Å². The molecular weight excluding hydrogens is 400 g/mol. The van der Waals surface area contributed by atoms with Gasteiger partial charge in [-0.25, -0.2) is 4.68 Å². The van der Waals surface area contributed by atoms with E-state index in [0.29, 0.717) is 17.0 Å². The number of carbonyl (C=O) groups is 2. The van der Waals surface area contributed by atoms with Crippen LogP contribution < -0.4 is 5.32 Å². The summed E-state index contributed by atoms with van der Waals surface area (Å²) in [5.74, 6) is 0.116. The van der Waals surface area contributed by atoms with Gasteiger partial charge in [-0.05, 0) is 35.7 Å². The minimum atomic E-state index is -0.270. The summed E-state index contributed by atoms with van der Waals surface area (Å²) in [7, 11) is 1.60. The second kappa shape index (κ2) is 8.79. The van der Waals surface area contributed by atoms with E-state index in [0.717, 1.165) is 10.6 Å². The Kier molecular flexibility index (Phi) is 5.76. The van der Waals surface area contributed by atoms with E-state index < -0.39 is 0 Å². The molecule has 8 heteroatoms. The Balaban J connectivity index is 1.53. The highest BCUT2D eigenvalue weighted by Crippen LogP contribution is 2.28. The second-order valence-electron chi connectivity index (χ2n) is 6.67. The molecule has 0 spiro atoms. The van der Waals surface area contributed by atoms with Crippen molar-refractivity contribution in [2.24, 2.45) is 0 Å². The Morgan fingerprint density at radius 2 is 1.97 bits per heavy atom. The number of likely N-dealkylation sites (N-methyl/N-ethyl adjacent to an activating group) is 1. The molecular formula is C22H20N4O3S. The number of nitrogens with one attached hydrogen (secondary N) is 1. The monoisotopic (exact) mass is 420 g/mol. The van der Waals surface area contributed by atoms with Crippen LogP contribution in [0.4, 0.5) is 0 Å². The third kappa shape index (κ3) is 4.33. The highest BCUT2D eigenvalue weighted by molar-refractivity contribution is 7.13. The van der Waals surface area contributed by atoms with Crippen molar-refractivity contribution in [2.45, 2.75) is 6.54 Å². The fourth-order valence-electron chi connectivity index (χ4n) is 2.99. The number of carbonyl (C=O) groups excluding carboxylic acids is 2. The summed E-state index contributed by atoms with van der Waals surface area (Å²) in [5.41, 5.74) is 1.90. The zero-order valence-corrected chi connectivity index (χ0v) is 17.1. The standard InChI is InChI=1S/C22H20N4O3S/c1-25(15-20(27)23-13-17-9-5-11-29-17)22(28)18-14-26(16-7-3-2-4-8-16)24-21(18)19-10-6-12-30-19/h2-12,14H,13,15H2,1H3,(H,23,27). The molecule has 3 aromatic heterocycles. The Bertz CT molecular complexity index is 1120. The molecule has 4 rings (SSSR count). The topological polar surface area (TPSA) is 80.4 Å². The third-order valence-electron chi connectivity index (χ3n) is 4.49. The van der Waals surface area contributed by atoms with E-state index in [1.165, 1.54) is 16.2 Å². The zero-order chi connectivity index (χ0) is 20.9. The van der Waals surface area contributed by atoms with E-state index in [9.17, 15) is 9.59 Å². The summed E-state index contributed by atoms with van der Waals surface area (Å²) in [5, 5.41) is 9.33. The summed E-state index contributed by atoms with van der Waals surface area (Å²) in [6.07, 6.45) is 3.26. The molecule has 0 saturated heterocycles. The fraction of sp³-hybridized carbons (Fsp3) is 0.136. The van der Waals surface area contributed by atoms with Gasteiger partial charge in [-0.15, -0.1) is 11.3 Å². The van der Waals surface area contributed by atoms with Crippen molar-refractivity contribution < 1.29 is 14.0 Å². The van der Waals surface area contributed by atoms with E-state index in [-0.39, 0.29) is 24.9 Å². The van der Waals surface area contributed by atoms with E-state index in [1.807, 2.05) is 47.8 Å². The van der Waals surface area contributed by atoms with Gasteiger partial charge in [0.25, 0.3) is 5.91 Å². The molecule has 0 aliphatic rings. The maximum Gasteiger partial charge on any atom is 0.257 e. The minimum absolute atomic E-state index is 0.0695. The summed E-state index contributed by atoms with van der Waals surface area (Å²) >= 11 is 1.51. The second-order valence-corrected chi connectivity index (χ2v) is 7.61.